The Balaban J connectivity index is 1.28. The van der Waals surface area contributed by atoms with Gasteiger partial charge in [-0.15, -0.1) is 11.3 Å². The summed E-state index contributed by atoms with van der Waals surface area (Å²) in [6.07, 6.45) is 4.89. The molecule has 2 unspecified atom stereocenters. The lowest BCUT2D eigenvalue weighted by atomic mass is 10.1. The van der Waals surface area contributed by atoms with Crippen LogP contribution in [-0.2, 0) is 18.4 Å². The maximum Gasteiger partial charge on any atom is 0.226 e. The van der Waals surface area contributed by atoms with Crippen LogP contribution in [0.5, 0.6) is 0 Å². The second-order valence-corrected chi connectivity index (χ2v) is 8.50. The molecule has 0 radical (unpaired) electrons. The van der Waals surface area contributed by atoms with Gasteiger partial charge in [0.1, 0.15) is 0 Å². The molecule has 1 aliphatic carbocycles. The molecule has 0 aromatic carbocycles. The van der Waals surface area contributed by atoms with Gasteiger partial charge in [-0.05, 0) is 30.0 Å². The molecule has 2 aromatic heterocycles. The highest BCUT2D eigenvalue weighted by Crippen LogP contribution is 2.48. The van der Waals surface area contributed by atoms with Crippen LogP contribution in [0.25, 0.3) is 0 Å². The van der Waals surface area contributed by atoms with Crippen molar-refractivity contribution in [1.82, 2.24) is 19.6 Å². The number of nitrogens with zero attached hydrogens (tertiary/aromatic N) is 4. The highest BCUT2D eigenvalue weighted by Gasteiger charge is 2.46. The van der Waals surface area contributed by atoms with Gasteiger partial charge in [0.05, 0.1) is 10.5 Å². The van der Waals surface area contributed by atoms with Crippen LogP contribution >= 0.6 is 22.9 Å². The molecular weight excluding hydrogens is 344 g/mol. The van der Waals surface area contributed by atoms with Gasteiger partial charge in [0, 0.05) is 56.8 Å². The fourth-order valence-electron chi connectivity index (χ4n) is 3.49. The number of aromatic nitrogens is 2. The highest BCUT2D eigenvalue weighted by molar-refractivity contribution is 7.16. The molecule has 7 heteroatoms. The first-order valence-corrected chi connectivity index (χ1v) is 9.53. The minimum atomic E-state index is 0.164. The summed E-state index contributed by atoms with van der Waals surface area (Å²) in [5.74, 6) is 0.858. The zero-order chi connectivity index (χ0) is 16.7. The molecule has 1 amide bonds. The molecular formula is C17H21ClN4OS. The van der Waals surface area contributed by atoms with Crippen molar-refractivity contribution in [2.45, 2.75) is 18.9 Å². The van der Waals surface area contributed by atoms with E-state index in [0.717, 1.165) is 43.5 Å². The molecule has 24 heavy (non-hydrogen) atoms. The predicted molar refractivity (Wildman–Crippen MR) is 95.2 cm³/mol. The van der Waals surface area contributed by atoms with E-state index in [9.17, 15) is 4.79 Å². The molecule has 1 saturated heterocycles. The van der Waals surface area contributed by atoms with E-state index in [0.29, 0.717) is 11.8 Å². The molecule has 4 rings (SSSR count). The van der Waals surface area contributed by atoms with Crippen LogP contribution in [0.2, 0.25) is 4.34 Å². The average Bonchev–Trinajstić information content (AvgIpc) is 3.09. The maximum absolute atomic E-state index is 12.7. The Morgan fingerprint density at radius 1 is 1.33 bits per heavy atom. The maximum atomic E-state index is 12.7. The molecule has 1 saturated carbocycles. The number of carbonyl (C=O) groups is 1. The Kier molecular flexibility index (Phi) is 4.37. The van der Waals surface area contributed by atoms with E-state index < -0.39 is 0 Å². The van der Waals surface area contributed by atoms with Gasteiger partial charge in [0.15, 0.2) is 0 Å². The van der Waals surface area contributed by atoms with Crippen molar-refractivity contribution < 1.29 is 4.79 Å². The third-order valence-electron chi connectivity index (χ3n) is 4.95. The van der Waals surface area contributed by atoms with Crippen molar-refractivity contribution in [3.8, 4) is 0 Å². The minimum absolute atomic E-state index is 0.164. The fourth-order valence-corrected chi connectivity index (χ4v) is 4.62. The smallest absolute Gasteiger partial charge is 0.226 e. The van der Waals surface area contributed by atoms with Gasteiger partial charge in [-0.3, -0.25) is 14.4 Å². The summed E-state index contributed by atoms with van der Waals surface area (Å²) in [6, 6.07) is 4.04. The number of carbonyl (C=O) groups excluding carboxylic acids is 1. The van der Waals surface area contributed by atoms with E-state index >= 15 is 0 Å². The quantitative estimate of drug-likeness (QED) is 0.837. The highest BCUT2D eigenvalue weighted by atomic mass is 35.5. The largest absolute Gasteiger partial charge is 0.340 e. The van der Waals surface area contributed by atoms with Gasteiger partial charge in [0.2, 0.25) is 5.91 Å². The van der Waals surface area contributed by atoms with Crippen LogP contribution < -0.4 is 0 Å². The van der Waals surface area contributed by atoms with E-state index in [1.54, 1.807) is 11.3 Å². The van der Waals surface area contributed by atoms with E-state index in [2.05, 4.69) is 16.1 Å². The Bertz CT molecular complexity index is 735. The summed E-state index contributed by atoms with van der Waals surface area (Å²) in [4.78, 5) is 18.4. The monoisotopic (exact) mass is 364 g/mol. The first-order chi connectivity index (χ1) is 11.6. The van der Waals surface area contributed by atoms with Gasteiger partial charge >= 0.3 is 0 Å². The van der Waals surface area contributed by atoms with Crippen LogP contribution in [0.4, 0.5) is 0 Å². The number of halogens is 1. The van der Waals surface area contributed by atoms with Crippen LogP contribution in [0.3, 0.4) is 0 Å². The number of piperazine rings is 1. The molecule has 1 aliphatic heterocycles. The molecule has 2 aliphatic rings. The zero-order valence-corrected chi connectivity index (χ0v) is 15.3. The predicted octanol–water partition coefficient (Wildman–Crippen LogP) is 2.58. The lowest BCUT2D eigenvalue weighted by Gasteiger charge is -2.34. The summed E-state index contributed by atoms with van der Waals surface area (Å²) in [7, 11) is 1.92. The SMILES string of the molecule is Cn1cc(C2CC2C(=O)N2CCN(Cc3ccc(Cl)s3)CC2)cn1. The molecule has 0 N–H and O–H groups in total. The summed E-state index contributed by atoms with van der Waals surface area (Å²) in [6.45, 7) is 4.46. The number of hydrogen-bond donors (Lipinski definition) is 0. The molecule has 5 nitrogen and oxygen atoms in total. The molecule has 2 atom stereocenters. The minimum Gasteiger partial charge on any atom is -0.340 e. The van der Waals surface area contributed by atoms with E-state index in [-0.39, 0.29) is 5.92 Å². The summed E-state index contributed by atoms with van der Waals surface area (Å²) >= 11 is 7.63. The first kappa shape index (κ1) is 16.1. The van der Waals surface area contributed by atoms with Crippen LogP contribution in [0.15, 0.2) is 24.5 Å². The Labute approximate surface area is 150 Å². The fraction of sp³-hybridized carbons (Fsp3) is 0.529. The molecule has 0 spiro atoms. The lowest BCUT2D eigenvalue weighted by Crippen LogP contribution is -2.48. The van der Waals surface area contributed by atoms with Gasteiger partial charge < -0.3 is 4.90 Å². The molecule has 128 valence electrons. The van der Waals surface area contributed by atoms with Crippen LogP contribution in [0, 0.1) is 5.92 Å². The summed E-state index contributed by atoms with van der Waals surface area (Å²) in [5.41, 5.74) is 1.20. The Morgan fingerprint density at radius 2 is 2.12 bits per heavy atom. The van der Waals surface area contributed by atoms with Gasteiger partial charge in [-0.2, -0.15) is 5.10 Å². The molecule has 0 bridgehead atoms. The second-order valence-electron chi connectivity index (χ2n) is 6.70. The van der Waals surface area contributed by atoms with Crippen molar-refractivity contribution in [1.29, 1.82) is 0 Å². The van der Waals surface area contributed by atoms with E-state index in [1.165, 1.54) is 10.4 Å². The lowest BCUT2D eigenvalue weighted by molar-refractivity contribution is -0.134. The van der Waals surface area contributed by atoms with Gasteiger partial charge in [-0.25, -0.2) is 0 Å². The Morgan fingerprint density at radius 3 is 2.75 bits per heavy atom. The Hall–Kier alpha value is -1.37. The van der Waals surface area contributed by atoms with Crippen molar-refractivity contribution >= 4 is 28.8 Å². The number of thiophene rings is 1. The normalized spacial score (nSPS) is 24.3. The van der Waals surface area contributed by atoms with Crippen molar-refractivity contribution in [2.75, 3.05) is 26.2 Å². The number of rotatable bonds is 4. The second kappa shape index (κ2) is 6.50. The van der Waals surface area contributed by atoms with Crippen LogP contribution in [-0.4, -0.2) is 51.7 Å². The zero-order valence-electron chi connectivity index (χ0n) is 13.7. The third kappa shape index (κ3) is 3.36. The molecule has 3 heterocycles. The van der Waals surface area contributed by atoms with Crippen molar-refractivity contribution in [3.63, 3.8) is 0 Å². The number of amides is 1. The summed E-state index contributed by atoms with van der Waals surface area (Å²) in [5, 5.41) is 4.21. The standard InChI is InChI=1S/C17H21ClN4OS/c1-20-10-12(9-19-20)14-8-15(14)17(23)22-6-4-21(5-7-22)11-13-2-3-16(18)24-13/h2-3,9-10,14-15H,4-8,11H2,1H3. The molecule has 2 fully saturated rings. The van der Waals surface area contributed by atoms with Gasteiger partial charge in [-0.1, -0.05) is 11.6 Å². The third-order valence-corrected chi connectivity index (χ3v) is 6.17. The van der Waals surface area contributed by atoms with E-state index in [4.69, 9.17) is 11.6 Å². The van der Waals surface area contributed by atoms with E-state index in [1.807, 2.05) is 35.1 Å². The van der Waals surface area contributed by atoms with Crippen LogP contribution in [0.1, 0.15) is 22.8 Å². The van der Waals surface area contributed by atoms with Gasteiger partial charge in [0.25, 0.3) is 0 Å². The number of hydrogen-bond acceptors (Lipinski definition) is 4. The molecule has 2 aromatic rings. The number of aryl methyl sites for hydroxylation is 1. The van der Waals surface area contributed by atoms with Crippen molar-refractivity contribution in [3.05, 3.63) is 39.3 Å². The average molecular weight is 365 g/mol. The first-order valence-electron chi connectivity index (χ1n) is 8.34. The van der Waals surface area contributed by atoms with Crippen molar-refractivity contribution in [2.24, 2.45) is 13.0 Å². The summed E-state index contributed by atoms with van der Waals surface area (Å²) < 4.78 is 2.65. The topological polar surface area (TPSA) is 41.4 Å².